The second-order valence-electron chi connectivity index (χ2n) is 4.78. The molecule has 0 heterocycles. The van der Waals surface area contributed by atoms with Crippen LogP contribution in [-0.2, 0) is 4.74 Å². The highest BCUT2D eigenvalue weighted by Crippen LogP contribution is 2.29. The molecule has 2 heteroatoms. The van der Waals surface area contributed by atoms with Crippen LogP contribution in [0.5, 0.6) is 0 Å². The molecule has 0 aromatic rings. The summed E-state index contributed by atoms with van der Waals surface area (Å²) in [7, 11) is 0. The molecular formula is C13H25BrO. The summed E-state index contributed by atoms with van der Waals surface area (Å²) in [6, 6.07) is 0. The van der Waals surface area contributed by atoms with Crippen molar-refractivity contribution in [1.29, 1.82) is 0 Å². The van der Waals surface area contributed by atoms with E-state index in [0.29, 0.717) is 17.0 Å². The van der Waals surface area contributed by atoms with Crippen LogP contribution in [0.25, 0.3) is 0 Å². The maximum atomic E-state index is 6.06. The van der Waals surface area contributed by atoms with E-state index in [0.717, 1.165) is 0 Å². The summed E-state index contributed by atoms with van der Waals surface area (Å²) in [5, 5.41) is 0. The van der Waals surface area contributed by atoms with Crippen LogP contribution in [0.1, 0.15) is 65.2 Å². The summed E-state index contributed by atoms with van der Waals surface area (Å²) in [6.07, 6.45) is 11.4. The van der Waals surface area contributed by atoms with Crippen LogP contribution >= 0.6 is 15.9 Å². The highest BCUT2D eigenvalue weighted by atomic mass is 79.9. The summed E-state index contributed by atoms with van der Waals surface area (Å²) >= 11 is 3.70. The fraction of sp³-hybridized carbons (Fsp3) is 1.00. The summed E-state index contributed by atoms with van der Waals surface area (Å²) in [6.45, 7) is 4.48. The van der Waals surface area contributed by atoms with E-state index in [4.69, 9.17) is 4.74 Å². The summed E-state index contributed by atoms with van der Waals surface area (Å²) in [5.41, 5.74) is 0. The maximum absolute atomic E-state index is 6.06. The number of alkyl halides is 1. The summed E-state index contributed by atoms with van der Waals surface area (Å²) < 4.78 is 6.06. The standard InChI is InChI=1S/C13H25BrO/c1-3-4-5-6-8-11(2)15-13-10-7-9-12(13)14/h11-13H,3-10H2,1-2H3. The largest absolute Gasteiger partial charge is 0.374 e. The van der Waals surface area contributed by atoms with Crippen LogP contribution in [0.3, 0.4) is 0 Å². The molecule has 0 radical (unpaired) electrons. The number of ether oxygens (including phenoxy) is 1. The molecule has 1 aliphatic rings. The van der Waals surface area contributed by atoms with Gasteiger partial charge in [0.2, 0.25) is 0 Å². The molecule has 1 aliphatic carbocycles. The first kappa shape index (κ1) is 13.5. The lowest BCUT2D eigenvalue weighted by Gasteiger charge is -2.21. The van der Waals surface area contributed by atoms with Crippen molar-refractivity contribution in [3.63, 3.8) is 0 Å². The van der Waals surface area contributed by atoms with E-state index in [1.807, 2.05) is 0 Å². The molecule has 0 aliphatic heterocycles. The van der Waals surface area contributed by atoms with Gasteiger partial charge in [-0.2, -0.15) is 0 Å². The van der Waals surface area contributed by atoms with Gasteiger partial charge in [0, 0.05) is 4.83 Å². The number of hydrogen-bond donors (Lipinski definition) is 0. The van der Waals surface area contributed by atoms with E-state index in [1.54, 1.807) is 0 Å². The van der Waals surface area contributed by atoms with Crippen molar-refractivity contribution in [3.8, 4) is 0 Å². The molecule has 0 aromatic carbocycles. The summed E-state index contributed by atoms with van der Waals surface area (Å²) in [4.78, 5) is 0.607. The van der Waals surface area contributed by atoms with Gasteiger partial charge in [0.1, 0.15) is 0 Å². The van der Waals surface area contributed by atoms with Gasteiger partial charge in [0.25, 0.3) is 0 Å². The monoisotopic (exact) mass is 276 g/mol. The molecule has 1 rings (SSSR count). The SMILES string of the molecule is CCCCCCC(C)OC1CCCC1Br. The van der Waals surface area contributed by atoms with Crippen molar-refractivity contribution in [1.82, 2.24) is 0 Å². The molecular weight excluding hydrogens is 252 g/mol. The second-order valence-corrected chi connectivity index (χ2v) is 5.96. The van der Waals surface area contributed by atoms with Crippen molar-refractivity contribution < 1.29 is 4.74 Å². The van der Waals surface area contributed by atoms with E-state index in [1.165, 1.54) is 51.4 Å². The third kappa shape index (κ3) is 5.35. The Labute approximate surface area is 103 Å². The molecule has 15 heavy (non-hydrogen) atoms. The minimum atomic E-state index is 0.449. The molecule has 1 saturated carbocycles. The normalized spacial score (nSPS) is 28.2. The Morgan fingerprint density at radius 2 is 2.07 bits per heavy atom. The van der Waals surface area contributed by atoms with Gasteiger partial charge in [0.15, 0.2) is 0 Å². The third-order valence-electron chi connectivity index (χ3n) is 3.24. The Bertz CT molecular complexity index is 161. The van der Waals surface area contributed by atoms with Gasteiger partial charge in [0.05, 0.1) is 12.2 Å². The van der Waals surface area contributed by atoms with E-state index in [2.05, 4.69) is 29.8 Å². The third-order valence-corrected chi connectivity index (χ3v) is 4.29. The van der Waals surface area contributed by atoms with Crippen LogP contribution in [0.15, 0.2) is 0 Å². The van der Waals surface area contributed by atoms with Crippen LogP contribution < -0.4 is 0 Å². The molecule has 0 amide bonds. The number of hydrogen-bond acceptors (Lipinski definition) is 1. The van der Waals surface area contributed by atoms with Gasteiger partial charge in [-0.1, -0.05) is 48.5 Å². The van der Waals surface area contributed by atoms with Crippen molar-refractivity contribution in [2.75, 3.05) is 0 Å². The van der Waals surface area contributed by atoms with Crippen LogP contribution in [-0.4, -0.2) is 17.0 Å². The highest BCUT2D eigenvalue weighted by Gasteiger charge is 2.26. The average molecular weight is 277 g/mol. The van der Waals surface area contributed by atoms with Crippen molar-refractivity contribution in [3.05, 3.63) is 0 Å². The molecule has 3 atom stereocenters. The number of halogens is 1. The second kappa shape index (κ2) is 7.67. The lowest BCUT2D eigenvalue weighted by atomic mass is 10.1. The van der Waals surface area contributed by atoms with Gasteiger partial charge in [-0.05, 0) is 32.6 Å². The molecule has 1 fully saturated rings. The Kier molecular flexibility index (Phi) is 6.91. The van der Waals surface area contributed by atoms with E-state index in [-0.39, 0.29) is 0 Å². The Balaban J connectivity index is 2.04. The predicted molar refractivity (Wildman–Crippen MR) is 69.7 cm³/mol. The molecule has 3 unspecified atom stereocenters. The fourth-order valence-electron chi connectivity index (χ4n) is 2.26. The lowest BCUT2D eigenvalue weighted by Crippen LogP contribution is -2.23. The minimum Gasteiger partial charge on any atom is -0.374 e. The zero-order valence-corrected chi connectivity index (χ0v) is 11.8. The Morgan fingerprint density at radius 3 is 2.67 bits per heavy atom. The van der Waals surface area contributed by atoms with Crippen molar-refractivity contribution >= 4 is 15.9 Å². The van der Waals surface area contributed by atoms with Gasteiger partial charge in [-0.25, -0.2) is 0 Å². The fourth-order valence-corrected chi connectivity index (χ4v) is 2.97. The van der Waals surface area contributed by atoms with Gasteiger partial charge in [-0.3, -0.25) is 0 Å². The molecule has 1 nitrogen and oxygen atoms in total. The molecule has 0 N–H and O–H groups in total. The quantitative estimate of drug-likeness (QED) is 0.485. The van der Waals surface area contributed by atoms with Gasteiger partial charge < -0.3 is 4.74 Å². The molecule has 0 spiro atoms. The predicted octanol–water partition coefficient (Wildman–Crippen LogP) is 4.68. The summed E-state index contributed by atoms with van der Waals surface area (Å²) in [5.74, 6) is 0. The van der Waals surface area contributed by atoms with Gasteiger partial charge >= 0.3 is 0 Å². The highest BCUT2D eigenvalue weighted by molar-refractivity contribution is 9.09. The zero-order chi connectivity index (χ0) is 11.1. The number of rotatable bonds is 7. The Morgan fingerprint density at radius 1 is 1.27 bits per heavy atom. The first-order valence-electron chi connectivity index (χ1n) is 6.53. The van der Waals surface area contributed by atoms with Crippen LogP contribution in [0, 0.1) is 0 Å². The zero-order valence-electron chi connectivity index (χ0n) is 10.2. The van der Waals surface area contributed by atoms with Crippen LogP contribution in [0.2, 0.25) is 0 Å². The van der Waals surface area contributed by atoms with E-state index in [9.17, 15) is 0 Å². The first-order valence-corrected chi connectivity index (χ1v) is 7.45. The Hall–Kier alpha value is 0.440. The molecule has 0 bridgehead atoms. The minimum absolute atomic E-state index is 0.449. The molecule has 90 valence electrons. The van der Waals surface area contributed by atoms with Crippen LogP contribution in [0.4, 0.5) is 0 Å². The van der Waals surface area contributed by atoms with Crippen molar-refractivity contribution in [2.24, 2.45) is 0 Å². The lowest BCUT2D eigenvalue weighted by molar-refractivity contribution is 0.000592. The van der Waals surface area contributed by atoms with E-state index < -0.39 is 0 Å². The van der Waals surface area contributed by atoms with Gasteiger partial charge in [-0.15, -0.1) is 0 Å². The molecule has 0 aromatic heterocycles. The average Bonchev–Trinajstić information content (AvgIpc) is 2.59. The first-order chi connectivity index (χ1) is 7.24. The van der Waals surface area contributed by atoms with Crippen molar-refractivity contribution in [2.45, 2.75) is 82.2 Å². The maximum Gasteiger partial charge on any atom is 0.0703 e. The number of unbranched alkanes of at least 4 members (excludes halogenated alkanes) is 3. The smallest absolute Gasteiger partial charge is 0.0703 e. The topological polar surface area (TPSA) is 9.23 Å². The molecule has 0 saturated heterocycles. The van der Waals surface area contributed by atoms with E-state index >= 15 is 0 Å².